The van der Waals surface area contributed by atoms with Crippen molar-refractivity contribution in [1.29, 1.82) is 0 Å². The van der Waals surface area contributed by atoms with Crippen molar-refractivity contribution in [2.24, 2.45) is 0 Å². The van der Waals surface area contributed by atoms with Crippen LogP contribution in [0.3, 0.4) is 0 Å². The number of para-hydroxylation sites is 1. The smallest absolute Gasteiger partial charge is 0.334 e. The van der Waals surface area contributed by atoms with E-state index in [-0.39, 0.29) is 18.5 Å². The van der Waals surface area contributed by atoms with Gasteiger partial charge >= 0.3 is 17.7 Å². The van der Waals surface area contributed by atoms with Crippen LogP contribution >= 0.6 is 0 Å². The van der Waals surface area contributed by atoms with E-state index in [2.05, 4.69) is 15.9 Å². The molecule has 8 nitrogen and oxygen atoms in total. The van der Waals surface area contributed by atoms with Gasteiger partial charge in [-0.05, 0) is 13.0 Å². The van der Waals surface area contributed by atoms with E-state index in [9.17, 15) is 14.4 Å². The summed E-state index contributed by atoms with van der Waals surface area (Å²) < 4.78 is 12.6. The fourth-order valence-corrected chi connectivity index (χ4v) is 3.44. The van der Waals surface area contributed by atoms with E-state index >= 15 is 0 Å². The van der Waals surface area contributed by atoms with Gasteiger partial charge in [-0.1, -0.05) is 24.1 Å². The van der Waals surface area contributed by atoms with Gasteiger partial charge in [0.1, 0.15) is 0 Å². The lowest BCUT2D eigenvalue weighted by molar-refractivity contribution is -0.201. The van der Waals surface area contributed by atoms with Gasteiger partial charge in [0.15, 0.2) is 0 Å². The predicted octanol–water partition coefficient (Wildman–Crippen LogP) is 2.08. The number of aromatic nitrogens is 3. The van der Waals surface area contributed by atoms with Crippen LogP contribution < -0.4 is 0 Å². The van der Waals surface area contributed by atoms with E-state index in [0.717, 1.165) is 17.7 Å². The third kappa shape index (κ3) is 3.26. The first kappa shape index (κ1) is 19.2. The number of Topliss-reactive ketones (excluding diaryl/α,β-unsaturated/α-hetero) is 1. The first-order valence-corrected chi connectivity index (χ1v) is 9.12. The molecule has 0 amide bonds. The number of aryl methyl sites for hydroxylation is 1. The Morgan fingerprint density at radius 1 is 1.23 bits per heavy atom. The second-order valence-corrected chi connectivity index (χ2v) is 6.80. The number of hydrogen-bond acceptors (Lipinski definition) is 6. The number of aromatic amines is 1. The van der Waals surface area contributed by atoms with Crippen LogP contribution in [0.5, 0.6) is 0 Å². The van der Waals surface area contributed by atoms with Crippen molar-refractivity contribution in [2.75, 3.05) is 0 Å². The Labute approximate surface area is 171 Å². The molecule has 0 atom stereocenters. The molecular weight excluding hydrogens is 386 g/mol. The third-order valence-corrected chi connectivity index (χ3v) is 4.86. The molecule has 1 aromatic carbocycles. The lowest BCUT2D eigenvalue weighted by atomic mass is 9.97. The molecule has 0 spiro atoms. The maximum Gasteiger partial charge on any atom is 0.334 e. The van der Waals surface area contributed by atoms with Gasteiger partial charge in [-0.15, -0.1) is 6.42 Å². The number of terminal acetylenes is 1. The quantitative estimate of drug-likeness (QED) is 0.397. The highest BCUT2D eigenvalue weighted by molar-refractivity contribution is 6.13. The maximum absolute atomic E-state index is 13.7. The van der Waals surface area contributed by atoms with Crippen LogP contribution in [0.4, 0.5) is 0 Å². The van der Waals surface area contributed by atoms with E-state index in [1.807, 2.05) is 12.1 Å². The number of benzene rings is 1. The highest BCUT2D eigenvalue weighted by Gasteiger charge is 2.49. The summed E-state index contributed by atoms with van der Waals surface area (Å²) in [5.74, 6) is -2.07. The minimum Gasteiger partial charge on any atom is -0.411 e. The number of fused-ring (bicyclic) bond motifs is 1. The fourth-order valence-electron chi connectivity index (χ4n) is 3.44. The molecule has 0 saturated heterocycles. The van der Waals surface area contributed by atoms with Crippen LogP contribution in [0, 0.1) is 19.3 Å². The molecule has 3 heterocycles. The average molecular weight is 403 g/mol. The summed E-state index contributed by atoms with van der Waals surface area (Å²) in [6.07, 6.45) is 10.1. The Morgan fingerprint density at radius 2 is 1.93 bits per heavy atom. The second-order valence-electron chi connectivity index (χ2n) is 6.80. The first-order valence-electron chi connectivity index (χ1n) is 9.12. The molecule has 1 N–H and O–H groups in total. The van der Waals surface area contributed by atoms with Gasteiger partial charge in [-0.25, -0.2) is 14.6 Å². The van der Waals surface area contributed by atoms with Crippen LogP contribution in [0.2, 0.25) is 0 Å². The summed E-state index contributed by atoms with van der Waals surface area (Å²) in [6, 6.07) is 7.17. The van der Waals surface area contributed by atoms with Gasteiger partial charge in [0.05, 0.1) is 30.6 Å². The Bertz CT molecular complexity index is 1220. The Kier molecular flexibility index (Phi) is 4.72. The topological polar surface area (TPSA) is 103 Å². The van der Waals surface area contributed by atoms with Crippen LogP contribution in [0.25, 0.3) is 10.9 Å². The molecule has 0 bridgehead atoms. The van der Waals surface area contributed by atoms with Gasteiger partial charge in [-0.2, -0.15) is 0 Å². The molecule has 3 aromatic rings. The minimum absolute atomic E-state index is 0.219. The number of ketones is 1. The number of rotatable bonds is 5. The van der Waals surface area contributed by atoms with E-state index in [0.29, 0.717) is 16.8 Å². The lowest BCUT2D eigenvalue weighted by Crippen LogP contribution is -2.48. The van der Waals surface area contributed by atoms with Crippen molar-refractivity contribution in [3.8, 4) is 12.3 Å². The van der Waals surface area contributed by atoms with Gasteiger partial charge < -0.3 is 19.0 Å². The largest absolute Gasteiger partial charge is 0.411 e. The lowest BCUT2D eigenvalue weighted by Gasteiger charge is -2.29. The van der Waals surface area contributed by atoms with E-state index in [1.165, 1.54) is 6.33 Å². The van der Waals surface area contributed by atoms with Gasteiger partial charge in [0.2, 0.25) is 5.78 Å². The summed E-state index contributed by atoms with van der Waals surface area (Å²) in [5, 5.41) is 0.597. The van der Waals surface area contributed by atoms with E-state index in [1.54, 1.807) is 29.8 Å². The fraction of sp³-hybridized carbons (Fsp3) is 0.182. The Hall–Kier alpha value is -4.12. The number of carbonyl (C=O) groups is 3. The minimum atomic E-state index is -2.21. The number of nitrogens with zero attached hydrogens (tertiary/aromatic N) is 2. The molecule has 4 rings (SSSR count). The van der Waals surface area contributed by atoms with Crippen molar-refractivity contribution in [3.05, 3.63) is 65.9 Å². The van der Waals surface area contributed by atoms with E-state index < -0.39 is 23.5 Å². The normalized spacial score (nSPS) is 15.3. The summed E-state index contributed by atoms with van der Waals surface area (Å²) in [6.45, 7) is 1.98. The SMILES string of the molecule is C#CCn1cc(C(=O)C2(Cc3nc[nH]c3C)OC(=O)C=CC(=O)O2)c2ccccc21. The number of hydrogen-bond donors (Lipinski definition) is 1. The van der Waals surface area contributed by atoms with Gasteiger partial charge in [0.25, 0.3) is 0 Å². The molecule has 30 heavy (non-hydrogen) atoms. The summed E-state index contributed by atoms with van der Waals surface area (Å²) >= 11 is 0. The highest BCUT2D eigenvalue weighted by Crippen LogP contribution is 2.31. The molecule has 8 heteroatoms. The van der Waals surface area contributed by atoms with Crippen molar-refractivity contribution in [1.82, 2.24) is 14.5 Å². The zero-order valence-electron chi connectivity index (χ0n) is 16.0. The van der Waals surface area contributed by atoms with Crippen LogP contribution in [0.15, 0.2) is 48.9 Å². The molecule has 0 fully saturated rings. The monoisotopic (exact) mass is 403 g/mol. The number of imidazole rings is 1. The van der Waals surface area contributed by atoms with Crippen LogP contribution in [-0.4, -0.2) is 38.0 Å². The van der Waals surface area contributed by atoms with Crippen molar-refractivity contribution in [2.45, 2.75) is 25.7 Å². The number of ether oxygens (including phenoxy) is 2. The predicted molar refractivity (Wildman–Crippen MR) is 106 cm³/mol. The molecule has 2 aromatic heterocycles. The standard InChI is InChI=1S/C22H17N3O5/c1-3-10-25-12-16(15-6-4-5-7-18(15)25)21(28)22(11-17-14(2)23-13-24-17)29-19(26)8-9-20(27)30-22/h1,4-9,12-13H,10-11H2,2H3,(H,23,24). The van der Waals surface area contributed by atoms with Crippen molar-refractivity contribution < 1.29 is 23.9 Å². The van der Waals surface area contributed by atoms with E-state index in [4.69, 9.17) is 15.9 Å². The van der Waals surface area contributed by atoms with Crippen LogP contribution in [-0.2, 0) is 32.0 Å². The Balaban J connectivity index is 1.88. The molecule has 1 aliphatic rings. The van der Waals surface area contributed by atoms with Gasteiger partial charge in [-0.3, -0.25) is 4.79 Å². The molecule has 1 aliphatic heterocycles. The highest BCUT2D eigenvalue weighted by atomic mass is 16.7. The zero-order valence-corrected chi connectivity index (χ0v) is 16.0. The number of cyclic esters (lactones) is 2. The second kappa shape index (κ2) is 7.37. The van der Waals surface area contributed by atoms with Crippen molar-refractivity contribution in [3.63, 3.8) is 0 Å². The molecule has 0 radical (unpaired) electrons. The van der Waals surface area contributed by atoms with Gasteiger partial charge in [0, 0.05) is 34.9 Å². The zero-order chi connectivity index (χ0) is 21.3. The third-order valence-electron chi connectivity index (χ3n) is 4.86. The summed E-state index contributed by atoms with van der Waals surface area (Å²) in [5.41, 5.74) is 2.03. The van der Waals surface area contributed by atoms with Crippen LogP contribution in [0.1, 0.15) is 21.7 Å². The number of esters is 2. The number of carbonyl (C=O) groups excluding carboxylic acids is 3. The maximum atomic E-state index is 13.7. The first-order chi connectivity index (χ1) is 14.4. The summed E-state index contributed by atoms with van der Waals surface area (Å²) in [7, 11) is 0. The number of H-pyrrole nitrogens is 1. The number of nitrogens with one attached hydrogen (secondary N) is 1. The molecule has 0 saturated carbocycles. The summed E-state index contributed by atoms with van der Waals surface area (Å²) in [4.78, 5) is 45.2. The Morgan fingerprint density at radius 3 is 2.57 bits per heavy atom. The molecule has 0 aliphatic carbocycles. The molecule has 0 unspecified atom stereocenters. The average Bonchev–Trinajstić information content (AvgIpc) is 3.25. The molecule has 150 valence electrons. The van der Waals surface area contributed by atoms with Crippen molar-refractivity contribution >= 4 is 28.6 Å². The molecular formula is C22H17N3O5.